The molecule has 0 aromatic carbocycles. The lowest BCUT2D eigenvalue weighted by atomic mass is 10.4. The van der Waals surface area contributed by atoms with Gasteiger partial charge in [0.05, 0.1) is 6.61 Å². The zero-order valence-electron chi connectivity index (χ0n) is 8.45. The molecule has 0 aliphatic heterocycles. The van der Waals surface area contributed by atoms with Gasteiger partial charge in [0, 0.05) is 37.4 Å². The first-order valence-corrected chi connectivity index (χ1v) is 6.58. The van der Waals surface area contributed by atoms with Crippen molar-refractivity contribution in [1.82, 2.24) is 9.36 Å². The predicted octanol–water partition coefficient (Wildman–Crippen LogP) is 1.50. The Kier molecular flexibility index (Phi) is 5.89. The molecule has 0 saturated carbocycles. The molecule has 1 heterocycles. The minimum absolute atomic E-state index is 0.682. The molecule has 0 spiro atoms. The Hall–Kier alpha value is -0.330. The maximum Gasteiger partial charge on any atom is 0.202 e. The minimum Gasteiger partial charge on any atom is -0.384 e. The molecule has 0 radical (unpaired) electrons. The summed E-state index contributed by atoms with van der Waals surface area (Å²) >= 11 is 3.23. The van der Waals surface area contributed by atoms with Crippen LogP contribution in [0.1, 0.15) is 5.82 Å². The van der Waals surface area contributed by atoms with Crippen molar-refractivity contribution in [3.8, 4) is 0 Å². The Morgan fingerprint density at radius 3 is 3.14 bits per heavy atom. The van der Waals surface area contributed by atoms with Gasteiger partial charge < -0.3 is 10.1 Å². The Labute approximate surface area is 92.6 Å². The number of methoxy groups -OCH3 is 1. The van der Waals surface area contributed by atoms with Crippen LogP contribution in [0.4, 0.5) is 5.13 Å². The third-order valence-electron chi connectivity index (χ3n) is 1.58. The lowest BCUT2D eigenvalue weighted by Crippen LogP contribution is -2.03. The highest BCUT2D eigenvalue weighted by atomic mass is 32.2. The molecular weight excluding hydrogens is 218 g/mol. The van der Waals surface area contributed by atoms with Gasteiger partial charge in [-0.1, -0.05) is 0 Å². The second kappa shape index (κ2) is 7.03. The summed E-state index contributed by atoms with van der Waals surface area (Å²) in [6.07, 6.45) is 2.88. The van der Waals surface area contributed by atoms with Gasteiger partial charge >= 0.3 is 0 Å². The number of hydrogen-bond donors (Lipinski definition) is 1. The van der Waals surface area contributed by atoms with Crippen LogP contribution in [0.2, 0.25) is 0 Å². The van der Waals surface area contributed by atoms with Crippen LogP contribution in [-0.2, 0) is 11.2 Å². The standard InChI is InChI=1S/C8H15N3OS2/c1-12-5-3-7-10-8(14-11-7)9-4-6-13-2/h3-6H2,1-2H3,(H,9,10,11). The number of nitrogens with one attached hydrogen (secondary N) is 1. The van der Waals surface area contributed by atoms with E-state index in [-0.39, 0.29) is 0 Å². The van der Waals surface area contributed by atoms with Crippen molar-refractivity contribution in [3.05, 3.63) is 5.82 Å². The first kappa shape index (κ1) is 11.7. The Balaban J connectivity index is 2.27. The fourth-order valence-electron chi connectivity index (χ4n) is 0.881. The van der Waals surface area contributed by atoms with Crippen molar-refractivity contribution >= 4 is 28.4 Å². The number of nitrogens with zero attached hydrogens (tertiary/aromatic N) is 2. The summed E-state index contributed by atoms with van der Waals surface area (Å²) in [7, 11) is 1.68. The summed E-state index contributed by atoms with van der Waals surface area (Å²) in [4.78, 5) is 4.33. The fraction of sp³-hybridized carbons (Fsp3) is 0.750. The molecule has 80 valence electrons. The smallest absolute Gasteiger partial charge is 0.202 e. The molecule has 6 heteroatoms. The van der Waals surface area contributed by atoms with E-state index in [1.807, 2.05) is 11.8 Å². The molecule has 0 aliphatic carbocycles. The molecule has 0 saturated heterocycles. The van der Waals surface area contributed by atoms with E-state index in [2.05, 4.69) is 20.9 Å². The Bertz CT molecular complexity index is 254. The van der Waals surface area contributed by atoms with E-state index in [0.29, 0.717) is 6.61 Å². The van der Waals surface area contributed by atoms with E-state index < -0.39 is 0 Å². The molecule has 0 fully saturated rings. The van der Waals surface area contributed by atoms with Gasteiger partial charge in [-0.15, -0.1) is 0 Å². The molecule has 14 heavy (non-hydrogen) atoms. The highest BCUT2D eigenvalue weighted by Gasteiger charge is 2.02. The van der Waals surface area contributed by atoms with Gasteiger partial charge in [0.25, 0.3) is 0 Å². The molecule has 1 aromatic rings. The average molecular weight is 233 g/mol. The van der Waals surface area contributed by atoms with E-state index in [4.69, 9.17) is 4.74 Å². The average Bonchev–Trinajstić information content (AvgIpc) is 2.63. The van der Waals surface area contributed by atoms with Crippen LogP contribution in [0, 0.1) is 0 Å². The second-order valence-electron chi connectivity index (χ2n) is 2.68. The van der Waals surface area contributed by atoms with Crippen molar-refractivity contribution in [2.24, 2.45) is 0 Å². The number of rotatable bonds is 7. The SMILES string of the molecule is COCCc1nsc(NCCSC)n1. The van der Waals surface area contributed by atoms with Crippen LogP contribution in [0.25, 0.3) is 0 Å². The van der Waals surface area contributed by atoms with Crippen molar-refractivity contribution in [3.63, 3.8) is 0 Å². The lowest BCUT2D eigenvalue weighted by molar-refractivity contribution is 0.201. The van der Waals surface area contributed by atoms with Crippen LogP contribution in [0.5, 0.6) is 0 Å². The molecule has 1 N–H and O–H groups in total. The van der Waals surface area contributed by atoms with Crippen LogP contribution in [-0.4, -0.2) is 41.6 Å². The molecule has 4 nitrogen and oxygen atoms in total. The van der Waals surface area contributed by atoms with E-state index in [0.717, 1.165) is 29.7 Å². The summed E-state index contributed by atoms with van der Waals surface area (Å²) in [5.41, 5.74) is 0. The maximum absolute atomic E-state index is 4.95. The van der Waals surface area contributed by atoms with E-state index in [1.54, 1.807) is 7.11 Å². The highest BCUT2D eigenvalue weighted by molar-refractivity contribution is 7.98. The maximum atomic E-state index is 4.95. The molecule has 0 unspecified atom stereocenters. The van der Waals surface area contributed by atoms with Gasteiger partial charge in [-0.25, -0.2) is 4.98 Å². The third-order valence-corrected chi connectivity index (χ3v) is 2.90. The molecule has 0 aliphatic rings. The van der Waals surface area contributed by atoms with Gasteiger partial charge in [-0.2, -0.15) is 16.1 Å². The topological polar surface area (TPSA) is 47.0 Å². The predicted molar refractivity (Wildman–Crippen MR) is 62.4 cm³/mol. The largest absolute Gasteiger partial charge is 0.384 e. The summed E-state index contributed by atoms with van der Waals surface area (Å²) in [6, 6.07) is 0. The number of hydrogen-bond acceptors (Lipinski definition) is 6. The summed E-state index contributed by atoms with van der Waals surface area (Å²) in [6.45, 7) is 1.63. The van der Waals surface area contributed by atoms with Gasteiger partial charge in [-0.3, -0.25) is 0 Å². The monoisotopic (exact) mass is 233 g/mol. The molecule has 0 atom stereocenters. The third kappa shape index (κ3) is 4.26. The molecule has 0 amide bonds. The fourth-order valence-corrected chi connectivity index (χ4v) is 1.82. The van der Waals surface area contributed by atoms with Crippen molar-refractivity contribution in [2.45, 2.75) is 6.42 Å². The molecule has 0 bridgehead atoms. The van der Waals surface area contributed by atoms with E-state index in [9.17, 15) is 0 Å². The minimum atomic E-state index is 0.682. The summed E-state index contributed by atoms with van der Waals surface area (Å²) in [5, 5.41) is 4.13. The number of aromatic nitrogens is 2. The van der Waals surface area contributed by atoms with Crippen molar-refractivity contribution in [1.29, 1.82) is 0 Å². The van der Waals surface area contributed by atoms with Crippen molar-refractivity contribution in [2.75, 3.05) is 37.6 Å². The first-order valence-electron chi connectivity index (χ1n) is 4.41. The zero-order chi connectivity index (χ0) is 10.2. The molecule has 1 aromatic heterocycles. The molecular formula is C8H15N3OS2. The van der Waals surface area contributed by atoms with E-state index >= 15 is 0 Å². The van der Waals surface area contributed by atoms with Gasteiger partial charge in [-0.05, 0) is 6.26 Å². The highest BCUT2D eigenvalue weighted by Crippen LogP contribution is 2.11. The second-order valence-corrected chi connectivity index (χ2v) is 4.42. The van der Waals surface area contributed by atoms with Crippen LogP contribution in [0.15, 0.2) is 0 Å². The first-order chi connectivity index (χ1) is 6.86. The van der Waals surface area contributed by atoms with Gasteiger partial charge in [0.2, 0.25) is 5.13 Å². The number of ether oxygens (including phenoxy) is 1. The normalized spacial score (nSPS) is 10.4. The van der Waals surface area contributed by atoms with E-state index in [1.165, 1.54) is 11.5 Å². The Morgan fingerprint density at radius 2 is 2.43 bits per heavy atom. The number of thioether (sulfide) groups is 1. The molecule has 1 rings (SSSR count). The quantitative estimate of drug-likeness (QED) is 0.723. The van der Waals surface area contributed by atoms with Gasteiger partial charge in [0.15, 0.2) is 0 Å². The van der Waals surface area contributed by atoms with Crippen LogP contribution >= 0.6 is 23.3 Å². The summed E-state index contributed by atoms with van der Waals surface area (Å²) < 4.78 is 9.17. The Morgan fingerprint density at radius 1 is 1.57 bits per heavy atom. The summed E-state index contributed by atoms with van der Waals surface area (Å²) in [5.74, 6) is 1.95. The van der Waals surface area contributed by atoms with Crippen molar-refractivity contribution < 1.29 is 4.74 Å². The van der Waals surface area contributed by atoms with Gasteiger partial charge in [0.1, 0.15) is 5.82 Å². The lowest BCUT2D eigenvalue weighted by Gasteiger charge is -1.98. The van der Waals surface area contributed by atoms with Crippen LogP contribution < -0.4 is 5.32 Å². The number of anilines is 1. The zero-order valence-corrected chi connectivity index (χ0v) is 10.1. The van der Waals surface area contributed by atoms with Crippen LogP contribution in [0.3, 0.4) is 0 Å².